The smallest absolute Gasteiger partial charge is 0.326 e. The van der Waals surface area contributed by atoms with E-state index in [1.165, 1.54) is 19.1 Å². The molecule has 11 heteroatoms. The van der Waals surface area contributed by atoms with E-state index in [2.05, 4.69) is 16.0 Å². The van der Waals surface area contributed by atoms with Gasteiger partial charge in [0.2, 0.25) is 17.7 Å². The van der Waals surface area contributed by atoms with Crippen molar-refractivity contribution < 1.29 is 34.5 Å². The van der Waals surface area contributed by atoms with Gasteiger partial charge in [0.25, 0.3) is 0 Å². The molecule has 32 heavy (non-hydrogen) atoms. The summed E-state index contributed by atoms with van der Waals surface area (Å²) in [5.74, 6) is -3.27. The third kappa shape index (κ3) is 8.90. The number of carboxylic acids is 1. The van der Waals surface area contributed by atoms with Crippen molar-refractivity contribution in [1.82, 2.24) is 16.0 Å². The van der Waals surface area contributed by atoms with E-state index < -0.39 is 54.5 Å². The van der Waals surface area contributed by atoms with Crippen LogP contribution in [-0.2, 0) is 25.6 Å². The van der Waals surface area contributed by atoms with Crippen LogP contribution in [0.5, 0.6) is 5.75 Å². The summed E-state index contributed by atoms with van der Waals surface area (Å²) in [5, 5.41) is 35.1. The first kappa shape index (κ1) is 26.9. The molecule has 4 atom stereocenters. The van der Waals surface area contributed by atoms with Gasteiger partial charge in [-0.2, -0.15) is 0 Å². The highest BCUT2D eigenvalue weighted by Crippen LogP contribution is 2.12. The van der Waals surface area contributed by atoms with E-state index in [9.17, 15) is 29.4 Å². The fourth-order valence-electron chi connectivity index (χ4n) is 2.81. The van der Waals surface area contributed by atoms with E-state index in [0.717, 1.165) is 0 Å². The number of aliphatic hydroxyl groups excluding tert-OH is 1. The summed E-state index contributed by atoms with van der Waals surface area (Å²) in [6.07, 6.45) is 0.246. The van der Waals surface area contributed by atoms with E-state index in [-0.39, 0.29) is 24.5 Å². The number of aromatic hydroxyl groups is 1. The molecule has 0 heterocycles. The van der Waals surface area contributed by atoms with Gasteiger partial charge in [0.1, 0.15) is 29.9 Å². The zero-order chi connectivity index (χ0) is 24.4. The van der Waals surface area contributed by atoms with Crippen LogP contribution in [-0.4, -0.2) is 69.8 Å². The molecular weight excluding hydrogens is 420 g/mol. The maximum atomic E-state index is 12.8. The highest BCUT2D eigenvalue weighted by atomic mass is 16.4. The number of phenols is 1. The molecule has 0 aliphatic rings. The molecule has 1 aromatic rings. The van der Waals surface area contributed by atoms with Crippen molar-refractivity contribution in [2.75, 3.05) is 6.61 Å². The van der Waals surface area contributed by atoms with E-state index in [1.54, 1.807) is 12.1 Å². The molecule has 0 aliphatic carbocycles. The Kier molecular flexibility index (Phi) is 10.6. The molecule has 0 radical (unpaired) electrons. The second-order valence-electron chi connectivity index (χ2n) is 7.98. The summed E-state index contributed by atoms with van der Waals surface area (Å²) >= 11 is 0. The number of aliphatic carboxylic acids is 1. The normalized spacial score (nSPS) is 14.7. The average Bonchev–Trinajstić information content (AvgIpc) is 2.72. The van der Waals surface area contributed by atoms with Crippen molar-refractivity contribution in [3.8, 4) is 5.75 Å². The van der Waals surface area contributed by atoms with Crippen LogP contribution >= 0.6 is 0 Å². The fourth-order valence-corrected chi connectivity index (χ4v) is 2.81. The van der Waals surface area contributed by atoms with Crippen LogP contribution in [0.2, 0.25) is 0 Å². The predicted octanol–water partition coefficient (Wildman–Crippen LogP) is -1.14. The van der Waals surface area contributed by atoms with Gasteiger partial charge in [-0.15, -0.1) is 0 Å². The molecule has 0 bridgehead atoms. The zero-order valence-corrected chi connectivity index (χ0v) is 18.4. The third-order valence-electron chi connectivity index (χ3n) is 4.62. The van der Waals surface area contributed by atoms with Gasteiger partial charge in [-0.05, 0) is 37.0 Å². The maximum Gasteiger partial charge on any atom is 0.326 e. The first-order chi connectivity index (χ1) is 14.9. The van der Waals surface area contributed by atoms with E-state index in [0.29, 0.717) is 5.56 Å². The van der Waals surface area contributed by atoms with Crippen LogP contribution in [0.1, 0.15) is 32.8 Å². The number of aliphatic hydroxyl groups is 1. The van der Waals surface area contributed by atoms with Crippen LogP contribution in [0, 0.1) is 5.92 Å². The monoisotopic (exact) mass is 452 g/mol. The SMILES string of the molecule is CC(C)CC(NC(=O)C(C)NC(=O)C(Cc1ccc(O)cc1)NC(=O)C(N)CO)C(=O)O. The number of carbonyl (C=O) groups excluding carboxylic acids is 3. The lowest BCUT2D eigenvalue weighted by Gasteiger charge is -2.24. The Balaban J connectivity index is 2.90. The van der Waals surface area contributed by atoms with Crippen LogP contribution in [0.4, 0.5) is 0 Å². The number of phenolic OH excluding ortho intramolecular Hbond substituents is 1. The molecule has 0 fully saturated rings. The van der Waals surface area contributed by atoms with E-state index in [1.807, 2.05) is 13.8 Å². The minimum absolute atomic E-state index is 0.0233. The van der Waals surface area contributed by atoms with Crippen molar-refractivity contribution in [3.05, 3.63) is 29.8 Å². The van der Waals surface area contributed by atoms with Crippen LogP contribution in [0.15, 0.2) is 24.3 Å². The number of amides is 3. The Hall–Kier alpha value is -3.18. The van der Waals surface area contributed by atoms with Crippen LogP contribution < -0.4 is 21.7 Å². The molecule has 0 saturated carbocycles. The van der Waals surface area contributed by atoms with Crippen LogP contribution in [0.25, 0.3) is 0 Å². The standard InChI is InChI=1S/C21H32N4O7/c1-11(2)8-17(21(31)32)25-18(28)12(3)23-20(30)16(24-19(29)15(22)10-26)9-13-4-6-14(27)7-5-13/h4-7,11-12,15-17,26-27H,8-10,22H2,1-3H3,(H,23,30)(H,24,29)(H,25,28)(H,31,32). The molecule has 11 nitrogen and oxygen atoms in total. The number of hydrogen-bond acceptors (Lipinski definition) is 7. The molecule has 0 spiro atoms. The lowest BCUT2D eigenvalue weighted by molar-refractivity contribution is -0.142. The lowest BCUT2D eigenvalue weighted by atomic mass is 10.0. The zero-order valence-electron chi connectivity index (χ0n) is 18.4. The van der Waals surface area contributed by atoms with Gasteiger partial charge < -0.3 is 37.0 Å². The Morgan fingerprint density at radius 3 is 1.97 bits per heavy atom. The summed E-state index contributed by atoms with van der Waals surface area (Å²) in [7, 11) is 0. The fraction of sp³-hybridized carbons (Fsp3) is 0.524. The highest BCUT2D eigenvalue weighted by Gasteiger charge is 2.28. The molecule has 0 aromatic heterocycles. The molecular formula is C21H32N4O7. The Morgan fingerprint density at radius 2 is 1.47 bits per heavy atom. The Bertz CT molecular complexity index is 798. The van der Waals surface area contributed by atoms with Gasteiger partial charge in [0.15, 0.2) is 0 Å². The molecule has 0 aliphatic heterocycles. The number of nitrogens with one attached hydrogen (secondary N) is 3. The van der Waals surface area contributed by atoms with Gasteiger partial charge in [-0.25, -0.2) is 4.79 Å². The van der Waals surface area contributed by atoms with Crippen molar-refractivity contribution in [1.29, 1.82) is 0 Å². The van der Waals surface area contributed by atoms with Gasteiger partial charge >= 0.3 is 5.97 Å². The quantitative estimate of drug-likeness (QED) is 0.207. The number of hydrogen-bond donors (Lipinski definition) is 7. The number of carboxylic acid groups (broad SMARTS) is 1. The number of nitrogens with two attached hydrogens (primary N) is 1. The van der Waals surface area contributed by atoms with Gasteiger partial charge in [-0.1, -0.05) is 26.0 Å². The minimum atomic E-state index is -1.24. The highest BCUT2D eigenvalue weighted by molar-refractivity contribution is 5.94. The lowest BCUT2D eigenvalue weighted by Crippen LogP contribution is -2.57. The molecule has 3 amide bonds. The van der Waals surface area contributed by atoms with Crippen molar-refractivity contribution in [2.24, 2.45) is 11.7 Å². The molecule has 4 unspecified atom stereocenters. The molecule has 178 valence electrons. The molecule has 1 rings (SSSR count). The maximum absolute atomic E-state index is 12.8. The Labute approximate surface area is 186 Å². The molecule has 8 N–H and O–H groups in total. The van der Waals surface area contributed by atoms with Gasteiger partial charge in [-0.3, -0.25) is 14.4 Å². The molecule has 0 saturated heterocycles. The van der Waals surface area contributed by atoms with Crippen molar-refractivity contribution in [3.63, 3.8) is 0 Å². The largest absolute Gasteiger partial charge is 0.508 e. The second kappa shape index (κ2) is 12.6. The van der Waals surface area contributed by atoms with Crippen molar-refractivity contribution >= 4 is 23.7 Å². The number of benzene rings is 1. The van der Waals surface area contributed by atoms with Gasteiger partial charge in [0, 0.05) is 6.42 Å². The first-order valence-electron chi connectivity index (χ1n) is 10.2. The van der Waals surface area contributed by atoms with E-state index in [4.69, 9.17) is 10.8 Å². The summed E-state index contributed by atoms with van der Waals surface area (Å²) in [4.78, 5) is 48.7. The number of rotatable bonds is 12. The summed E-state index contributed by atoms with van der Waals surface area (Å²) in [5.41, 5.74) is 6.12. The average molecular weight is 453 g/mol. The summed E-state index contributed by atoms with van der Waals surface area (Å²) in [6.45, 7) is 4.41. The first-order valence-corrected chi connectivity index (χ1v) is 10.2. The third-order valence-corrected chi connectivity index (χ3v) is 4.62. The van der Waals surface area contributed by atoms with Crippen molar-refractivity contribution in [2.45, 2.75) is 57.8 Å². The summed E-state index contributed by atoms with van der Waals surface area (Å²) in [6, 6.07) is 1.41. The predicted molar refractivity (Wildman–Crippen MR) is 115 cm³/mol. The molecule has 1 aromatic carbocycles. The second-order valence-corrected chi connectivity index (χ2v) is 7.98. The van der Waals surface area contributed by atoms with Gasteiger partial charge in [0.05, 0.1) is 6.61 Å². The van der Waals surface area contributed by atoms with Crippen LogP contribution in [0.3, 0.4) is 0 Å². The Morgan fingerprint density at radius 1 is 0.906 bits per heavy atom. The minimum Gasteiger partial charge on any atom is -0.508 e. The summed E-state index contributed by atoms with van der Waals surface area (Å²) < 4.78 is 0. The topological polar surface area (TPSA) is 191 Å². The number of carbonyl (C=O) groups is 4. The van der Waals surface area contributed by atoms with E-state index >= 15 is 0 Å².